The largest absolute Gasteiger partial charge is 0.493 e. The Hall–Kier alpha value is -1.33. The number of ether oxygens (including phenoxy) is 1. The normalized spacial score (nSPS) is 27.8. The fraction of sp³-hybridized carbons (Fsp3) is 0.737. The molecule has 0 aromatic carbocycles. The van der Waals surface area contributed by atoms with E-state index in [2.05, 4.69) is 14.8 Å². The molecule has 2 fully saturated rings. The van der Waals surface area contributed by atoms with Crippen LogP contribution in [0.15, 0.2) is 12.3 Å². The summed E-state index contributed by atoms with van der Waals surface area (Å²) in [6.45, 7) is 6.52. The second-order valence-corrected chi connectivity index (χ2v) is 7.61. The highest BCUT2D eigenvalue weighted by atomic mass is 16.5. The Morgan fingerprint density at radius 2 is 1.92 bits per heavy atom. The quantitative estimate of drug-likeness (QED) is 0.916. The van der Waals surface area contributed by atoms with Crippen LogP contribution in [0.3, 0.4) is 0 Å². The van der Waals surface area contributed by atoms with Gasteiger partial charge in [-0.25, -0.2) is 4.98 Å². The van der Waals surface area contributed by atoms with Crippen molar-refractivity contribution in [1.82, 2.24) is 9.88 Å². The van der Waals surface area contributed by atoms with Crippen LogP contribution < -0.4 is 15.4 Å². The third kappa shape index (κ3) is 3.52. The average Bonchev–Trinajstić information content (AvgIpc) is 3.10. The van der Waals surface area contributed by atoms with Crippen molar-refractivity contribution in [1.29, 1.82) is 0 Å². The fourth-order valence-corrected chi connectivity index (χ4v) is 4.40. The molecule has 3 aliphatic rings. The second kappa shape index (κ2) is 7.28. The zero-order valence-electron chi connectivity index (χ0n) is 14.6. The molecule has 1 saturated heterocycles. The minimum atomic E-state index is 0.467. The van der Waals surface area contributed by atoms with Crippen LogP contribution in [0.2, 0.25) is 0 Å². The number of hydrogen-bond donors (Lipinski definition) is 1. The maximum Gasteiger partial charge on any atom is 0.135 e. The van der Waals surface area contributed by atoms with E-state index in [0.29, 0.717) is 6.04 Å². The maximum atomic E-state index is 6.01. The molecule has 1 saturated carbocycles. The first-order valence-electron chi connectivity index (χ1n) is 9.63. The van der Waals surface area contributed by atoms with Crippen molar-refractivity contribution in [2.75, 3.05) is 44.2 Å². The van der Waals surface area contributed by atoms with Gasteiger partial charge in [-0.15, -0.1) is 0 Å². The van der Waals surface area contributed by atoms with Crippen LogP contribution in [0.5, 0.6) is 5.75 Å². The van der Waals surface area contributed by atoms with Crippen LogP contribution in [0.25, 0.3) is 0 Å². The van der Waals surface area contributed by atoms with E-state index in [1.807, 2.05) is 12.3 Å². The topological polar surface area (TPSA) is 54.6 Å². The molecule has 3 heterocycles. The molecule has 0 radical (unpaired) electrons. The van der Waals surface area contributed by atoms with E-state index in [1.54, 1.807) is 0 Å². The molecular formula is C19H30N4O. The van der Waals surface area contributed by atoms with Crippen LogP contribution in [-0.2, 0) is 6.42 Å². The molecule has 0 amide bonds. The highest BCUT2D eigenvalue weighted by molar-refractivity contribution is 5.55. The number of fused-ring (bicyclic) bond motifs is 1. The van der Waals surface area contributed by atoms with Crippen molar-refractivity contribution >= 4 is 5.82 Å². The Labute approximate surface area is 145 Å². The molecule has 0 bridgehead atoms. The minimum Gasteiger partial charge on any atom is -0.493 e. The molecule has 5 heteroatoms. The van der Waals surface area contributed by atoms with Gasteiger partial charge in [0.05, 0.1) is 6.61 Å². The zero-order chi connectivity index (χ0) is 16.4. The Balaban J connectivity index is 1.26. The summed E-state index contributed by atoms with van der Waals surface area (Å²) in [6, 6.07) is 2.46. The summed E-state index contributed by atoms with van der Waals surface area (Å²) in [6.07, 6.45) is 9.36. The van der Waals surface area contributed by atoms with Gasteiger partial charge in [0.1, 0.15) is 11.6 Å². The third-order valence-corrected chi connectivity index (χ3v) is 6.02. The molecule has 0 unspecified atom stereocenters. The van der Waals surface area contributed by atoms with Gasteiger partial charge in [0, 0.05) is 50.4 Å². The van der Waals surface area contributed by atoms with E-state index in [4.69, 9.17) is 10.5 Å². The molecule has 1 aromatic rings. The van der Waals surface area contributed by atoms with Crippen LogP contribution in [0.1, 0.15) is 37.7 Å². The Morgan fingerprint density at radius 1 is 1.12 bits per heavy atom. The van der Waals surface area contributed by atoms with E-state index in [0.717, 1.165) is 56.7 Å². The number of hydrogen-bond acceptors (Lipinski definition) is 5. The van der Waals surface area contributed by atoms with Crippen LogP contribution in [0, 0.1) is 5.92 Å². The number of rotatable bonds is 4. The lowest BCUT2D eigenvalue weighted by Gasteiger charge is -2.37. The van der Waals surface area contributed by atoms with E-state index in [1.165, 1.54) is 44.2 Å². The Kier molecular flexibility index (Phi) is 4.90. The molecule has 24 heavy (non-hydrogen) atoms. The molecule has 2 aliphatic heterocycles. The summed E-state index contributed by atoms with van der Waals surface area (Å²) >= 11 is 0. The summed E-state index contributed by atoms with van der Waals surface area (Å²) in [4.78, 5) is 9.72. The number of nitrogens with two attached hydrogens (primary N) is 1. The number of pyridine rings is 1. The van der Waals surface area contributed by atoms with E-state index < -0.39 is 0 Å². The highest BCUT2D eigenvalue weighted by Gasteiger charge is 2.25. The van der Waals surface area contributed by atoms with Gasteiger partial charge in [0.15, 0.2) is 0 Å². The van der Waals surface area contributed by atoms with Crippen molar-refractivity contribution in [3.05, 3.63) is 17.8 Å². The molecule has 0 spiro atoms. The third-order valence-electron chi connectivity index (χ3n) is 6.02. The van der Waals surface area contributed by atoms with Gasteiger partial charge >= 0.3 is 0 Å². The Bertz CT molecular complexity index is 548. The SMILES string of the molecule is NC1CCC(CCN2CCN(c3nccc4c3CCO4)CC2)CC1. The molecule has 0 atom stereocenters. The van der Waals surface area contributed by atoms with Gasteiger partial charge in [0.2, 0.25) is 0 Å². The lowest BCUT2D eigenvalue weighted by molar-refractivity contribution is 0.216. The van der Waals surface area contributed by atoms with E-state index >= 15 is 0 Å². The van der Waals surface area contributed by atoms with Crippen molar-refractivity contribution in [2.24, 2.45) is 11.7 Å². The zero-order valence-corrected chi connectivity index (χ0v) is 14.6. The molecule has 1 aliphatic carbocycles. The van der Waals surface area contributed by atoms with Gasteiger partial charge < -0.3 is 15.4 Å². The first-order chi connectivity index (χ1) is 11.8. The smallest absolute Gasteiger partial charge is 0.135 e. The van der Waals surface area contributed by atoms with Crippen molar-refractivity contribution < 1.29 is 4.74 Å². The van der Waals surface area contributed by atoms with Gasteiger partial charge in [0.25, 0.3) is 0 Å². The molecule has 132 valence electrons. The van der Waals surface area contributed by atoms with Gasteiger partial charge in [-0.05, 0) is 50.6 Å². The van der Waals surface area contributed by atoms with Crippen molar-refractivity contribution in [2.45, 2.75) is 44.6 Å². The van der Waals surface area contributed by atoms with E-state index in [-0.39, 0.29) is 0 Å². The summed E-state index contributed by atoms with van der Waals surface area (Å²) in [5.74, 6) is 3.10. The molecule has 1 aromatic heterocycles. The van der Waals surface area contributed by atoms with Gasteiger partial charge in [-0.2, -0.15) is 0 Å². The monoisotopic (exact) mass is 330 g/mol. The second-order valence-electron chi connectivity index (χ2n) is 7.61. The highest BCUT2D eigenvalue weighted by Crippen LogP contribution is 2.32. The van der Waals surface area contributed by atoms with E-state index in [9.17, 15) is 0 Å². The lowest BCUT2D eigenvalue weighted by Crippen LogP contribution is -2.47. The first kappa shape index (κ1) is 16.2. The predicted octanol–water partition coefficient (Wildman–Crippen LogP) is 2.05. The lowest BCUT2D eigenvalue weighted by atomic mass is 9.84. The van der Waals surface area contributed by atoms with Crippen LogP contribution >= 0.6 is 0 Å². The number of piperazine rings is 1. The van der Waals surface area contributed by atoms with Crippen LogP contribution in [-0.4, -0.2) is 55.3 Å². The summed E-state index contributed by atoms with van der Waals surface area (Å²) in [5, 5.41) is 0. The van der Waals surface area contributed by atoms with Gasteiger partial charge in [-0.3, -0.25) is 4.90 Å². The molecule has 4 rings (SSSR count). The minimum absolute atomic E-state index is 0.467. The molecular weight excluding hydrogens is 300 g/mol. The predicted molar refractivity (Wildman–Crippen MR) is 96.6 cm³/mol. The van der Waals surface area contributed by atoms with Crippen molar-refractivity contribution in [3.63, 3.8) is 0 Å². The molecule has 5 nitrogen and oxygen atoms in total. The summed E-state index contributed by atoms with van der Waals surface area (Å²) < 4.78 is 5.68. The van der Waals surface area contributed by atoms with Gasteiger partial charge in [-0.1, -0.05) is 0 Å². The molecule has 2 N–H and O–H groups in total. The first-order valence-corrected chi connectivity index (χ1v) is 9.63. The van der Waals surface area contributed by atoms with Crippen LogP contribution in [0.4, 0.5) is 5.82 Å². The fourth-order valence-electron chi connectivity index (χ4n) is 4.40. The summed E-state index contributed by atoms with van der Waals surface area (Å²) in [7, 11) is 0. The van der Waals surface area contributed by atoms with Crippen molar-refractivity contribution in [3.8, 4) is 5.75 Å². The standard InChI is InChI=1S/C19H30N4O/c20-16-3-1-15(2-4-16)6-9-22-10-12-23(13-11-22)19-17-7-14-24-18(17)5-8-21-19/h5,8,15-16H,1-4,6-7,9-14,20H2. The number of nitrogens with zero attached hydrogens (tertiary/aromatic N) is 3. The number of aromatic nitrogens is 1. The summed E-state index contributed by atoms with van der Waals surface area (Å²) in [5.41, 5.74) is 7.32. The Morgan fingerprint density at radius 3 is 2.71 bits per heavy atom. The average molecular weight is 330 g/mol. The number of anilines is 1. The maximum absolute atomic E-state index is 6.01.